The van der Waals surface area contributed by atoms with E-state index in [0.717, 1.165) is 24.0 Å². The number of hydrogen-bond donors (Lipinski definition) is 2. The number of thiophene rings is 1. The summed E-state index contributed by atoms with van der Waals surface area (Å²) in [5.74, 6) is 0.572. The lowest BCUT2D eigenvalue weighted by Crippen LogP contribution is -2.17. The fourth-order valence-corrected chi connectivity index (χ4v) is 5.09. The third kappa shape index (κ3) is 4.11. The van der Waals surface area contributed by atoms with Gasteiger partial charge in [-0.25, -0.2) is 15.0 Å². The summed E-state index contributed by atoms with van der Waals surface area (Å²) < 4.78 is 9.09. The predicted octanol–water partition coefficient (Wildman–Crippen LogP) is 3.33. The molecule has 5 aromatic rings. The number of carbonyl (C=O) groups is 1. The van der Waals surface area contributed by atoms with E-state index in [1.54, 1.807) is 19.4 Å². The van der Waals surface area contributed by atoms with E-state index in [-0.39, 0.29) is 18.1 Å². The summed E-state index contributed by atoms with van der Waals surface area (Å²) in [4.78, 5) is 42.7. The van der Waals surface area contributed by atoms with Gasteiger partial charge in [0.2, 0.25) is 5.95 Å². The molecule has 0 aliphatic rings. The Balaban J connectivity index is 1.45. The molecule has 1 amide bonds. The van der Waals surface area contributed by atoms with Crippen molar-refractivity contribution in [3.05, 3.63) is 69.6 Å². The lowest BCUT2D eigenvalue weighted by Gasteiger charge is -2.10. The molecule has 11 heteroatoms. The second kappa shape index (κ2) is 9.20. The van der Waals surface area contributed by atoms with E-state index >= 15 is 0 Å². The summed E-state index contributed by atoms with van der Waals surface area (Å²) in [6, 6.07) is 7.78. The average Bonchev–Trinajstić information content (AvgIpc) is 3.53. The number of aromatic nitrogens is 6. The van der Waals surface area contributed by atoms with Crippen molar-refractivity contribution >= 4 is 44.4 Å². The van der Waals surface area contributed by atoms with Gasteiger partial charge in [0.15, 0.2) is 0 Å². The molecule has 0 spiro atoms. The Morgan fingerprint density at radius 1 is 1.24 bits per heavy atom. The highest BCUT2D eigenvalue weighted by atomic mass is 32.1. The van der Waals surface area contributed by atoms with Crippen LogP contribution in [0.2, 0.25) is 0 Å². The van der Waals surface area contributed by atoms with Gasteiger partial charge in [-0.3, -0.25) is 14.9 Å². The maximum atomic E-state index is 13.3. The van der Waals surface area contributed by atoms with Crippen molar-refractivity contribution < 1.29 is 9.53 Å². The smallest absolute Gasteiger partial charge is 0.268 e. The Morgan fingerprint density at radius 2 is 2.09 bits per heavy atom. The number of nitrogens with zero attached hydrogens (tertiary/aromatic N) is 5. The molecule has 0 radical (unpaired) electrons. The molecule has 4 heterocycles. The number of aromatic amines is 1. The van der Waals surface area contributed by atoms with Crippen LogP contribution in [-0.2, 0) is 24.4 Å². The Bertz CT molecular complexity index is 1530. The molecule has 0 aliphatic carbocycles. The first kappa shape index (κ1) is 22.0. The number of para-hydroxylation sites is 2. The second-order valence-corrected chi connectivity index (χ2v) is 8.86. The summed E-state index contributed by atoms with van der Waals surface area (Å²) in [6.45, 7) is 3.41. The molecular weight excluding hydrogens is 454 g/mol. The molecule has 5 rings (SSSR count). The summed E-state index contributed by atoms with van der Waals surface area (Å²) in [5, 5.41) is 3.38. The highest BCUT2D eigenvalue weighted by Gasteiger charge is 2.21. The molecule has 174 valence electrons. The maximum absolute atomic E-state index is 13.3. The van der Waals surface area contributed by atoms with Crippen molar-refractivity contribution in [2.24, 2.45) is 0 Å². The maximum Gasteiger partial charge on any atom is 0.268 e. The first-order valence-electron chi connectivity index (χ1n) is 10.8. The number of fused-ring (bicyclic) bond motifs is 2. The van der Waals surface area contributed by atoms with Gasteiger partial charge in [0.1, 0.15) is 17.3 Å². The number of H-pyrrole nitrogens is 1. The second-order valence-electron chi connectivity index (χ2n) is 7.87. The van der Waals surface area contributed by atoms with Gasteiger partial charge in [-0.1, -0.05) is 12.1 Å². The van der Waals surface area contributed by atoms with Crippen LogP contribution in [0.3, 0.4) is 0 Å². The highest BCUT2D eigenvalue weighted by Crippen LogP contribution is 2.28. The van der Waals surface area contributed by atoms with Crippen LogP contribution < -0.4 is 10.9 Å². The molecule has 0 saturated carbocycles. The van der Waals surface area contributed by atoms with Gasteiger partial charge in [0, 0.05) is 32.6 Å². The number of benzene rings is 1. The van der Waals surface area contributed by atoms with Crippen molar-refractivity contribution in [2.75, 3.05) is 12.4 Å². The molecule has 0 atom stereocenters. The lowest BCUT2D eigenvalue weighted by molar-refractivity contribution is 0.102. The van der Waals surface area contributed by atoms with Crippen LogP contribution in [0.4, 0.5) is 5.95 Å². The largest absolute Gasteiger partial charge is 0.377 e. The van der Waals surface area contributed by atoms with E-state index in [2.05, 4.69) is 25.3 Å². The van der Waals surface area contributed by atoms with Crippen LogP contribution in [0.25, 0.3) is 21.3 Å². The number of amides is 1. The first-order chi connectivity index (χ1) is 16.5. The van der Waals surface area contributed by atoms with Crippen LogP contribution in [0, 0.1) is 6.92 Å². The Labute approximate surface area is 198 Å². The normalized spacial score (nSPS) is 11.5. The molecule has 0 fully saturated rings. The predicted molar refractivity (Wildman–Crippen MR) is 130 cm³/mol. The molecule has 4 aromatic heterocycles. The summed E-state index contributed by atoms with van der Waals surface area (Å²) in [5.41, 5.74) is 2.06. The lowest BCUT2D eigenvalue weighted by atomic mass is 10.2. The van der Waals surface area contributed by atoms with Crippen molar-refractivity contribution in [3.8, 4) is 0 Å². The van der Waals surface area contributed by atoms with Gasteiger partial charge >= 0.3 is 0 Å². The summed E-state index contributed by atoms with van der Waals surface area (Å²) in [6.07, 6.45) is 6.30. The molecule has 0 bridgehead atoms. The van der Waals surface area contributed by atoms with Gasteiger partial charge in [-0.15, -0.1) is 11.3 Å². The molecule has 2 N–H and O–H groups in total. The molecule has 10 nitrogen and oxygen atoms in total. The number of anilines is 1. The number of imidazole rings is 2. The van der Waals surface area contributed by atoms with Crippen molar-refractivity contribution in [2.45, 2.75) is 33.0 Å². The average molecular weight is 478 g/mol. The zero-order chi connectivity index (χ0) is 23.7. The number of hydrogen-bond acceptors (Lipinski definition) is 7. The highest BCUT2D eigenvalue weighted by molar-refractivity contribution is 7.20. The molecule has 0 unspecified atom stereocenters. The minimum Gasteiger partial charge on any atom is -0.377 e. The van der Waals surface area contributed by atoms with Crippen molar-refractivity contribution in [3.63, 3.8) is 0 Å². The van der Waals surface area contributed by atoms with Crippen molar-refractivity contribution in [1.82, 2.24) is 29.1 Å². The zero-order valence-corrected chi connectivity index (χ0v) is 19.6. The fraction of sp³-hybridized carbons (Fsp3) is 0.261. The SMILES string of the molecule is COCc1nc2sc(C(=O)Nc3nc4ccccc4n3CCCn3ccnc3)c(C)c2c(=O)[nH]1. The summed E-state index contributed by atoms with van der Waals surface area (Å²) >= 11 is 1.19. The van der Waals surface area contributed by atoms with Crippen LogP contribution >= 0.6 is 11.3 Å². The molecule has 34 heavy (non-hydrogen) atoms. The minimum atomic E-state index is -0.320. The van der Waals surface area contributed by atoms with Crippen LogP contribution in [0.5, 0.6) is 0 Å². The number of nitrogens with one attached hydrogen (secondary N) is 2. The van der Waals surface area contributed by atoms with Crippen molar-refractivity contribution in [1.29, 1.82) is 0 Å². The third-order valence-electron chi connectivity index (χ3n) is 5.57. The van der Waals surface area contributed by atoms with E-state index in [9.17, 15) is 9.59 Å². The van der Waals surface area contributed by atoms with Gasteiger partial charge in [-0.05, 0) is 31.0 Å². The fourth-order valence-electron chi connectivity index (χ4n) is 4.00. The van der Waals surface area contributed by atoms with E-state index in [1.165, 1.54) is 18.4 Å². The Morgan fingerprint density at radius 3 is 2.88 bits per heavy atom. The number of ether oxygens (including phenoxy) is 1. The quantitative estimate of drug-likeness (QED) is 0.354. The molecule has 0 aliphatic heterocycles. The van der Waals surface area contributed by atoms with Gasteiger partial charge in [0.05, 0.1) is 27.6 Å². The van der Waals surface area contributed by atoms with Crippen LogP contribution in [-0.4, -0.2) is 42.1 Å². The Hall–Kier alpha value is -3.83. The van der Waals surface area contributed by atoms with Gasteiger partial charge < -0.3 is 18.9 Å². The standard InChI is InChI=1S/C23H23N7O3S/c1-14-18-20(31)26-17(12-33-2)27-22(18)34-19(14)21(32)28-23-25-15-6-3-4-7-16(15)30(23)10-5-9-29-11-8-24-13-29/h3-4,6-8,11,13H,5,9-10,12H2,1-2H3,(H,25,28,32)(H,26,27,31). The van der Waals surface area contributed by atoms with Gasteiger partial charge in [-0.2, -0.15) is 0 Å². The number of methoxy groups -OCH3 is 1. The van der Waals surface area contributed by atoms with E-state index in [1.807, 2.05) is 39.6 Å². The molecular formula is C23H23N7O3S. The number of carbonyl (C=O) groups excluding carboxylic acids is 1. The van der Waals surface area contributed by atoms with Crippen LogP contribution in [0.1, 0.15) is 27.5 Å². The van der Waals surface area contributed by atoms with E-state index in [0.29, 0.717) is 39.0 Å². The zero-order valence-electron chi connectivity index (χ0n) is 18.7. The Kier molecular flexibility index (Phi) is 5.95. The number of rotatable bonds is 8. The van der Waals surface area contributed by atoms with E-state index in [4.69, 9.17) is 4.74 Å². The summed E-state index contributed by atoms with van der Waals surface area (Å²) in [7, 11) is 1.53. The van der Waals surface area contributed by atoms with E-state index < -0.39 is 0 Å². The molecule has 1 aromatic carbocycles. The minimum absolute atomic E-state index is 0.187. The van der Waals surface area contributed by atoms with Gasteiger partial charge in [0.25, 0.3) is 11.5 Å². The number of aryl methyl sites for hydroxylation is 3. The third-order valence-corrected chi connectivity index (χ3v) is 6.76. The first-order valence-corrected chi connectivity index (χ1v) is 11.6. The molecule has 0 saturated heterocycles. The topological polar surface area (TPSA) is 120 Å². The monoisotopic (exact) mass is 477 g/mol. The van der Waals surface area contributed by atoms with Crippen LogP contribution in [0.15, 0.2) is 47.8 Å².